The summed E-state index contributed by atoms with van der Waals surface area (Å²) in [6.07, 6.45) is 2.57. The van der Waals surface area contributed by atoms with E-state index in [1.807, 2.05) is 0 Å². The molecular weight excluding hydrogens is 298 g/mol. The Kier molecular flexibility index (Phi) is 4.38. The maximum atomic E-state index is 12.3. The van der Waals surface area contributed by atoms with Crippen molar-refractivity contribution < 1.29 is 27.8 Å². The molecule has 1 aromatic rings. The summed E-state index contributed by atoms with van der Waals surface area (Å²) in [4.78, 5) is 11.1. The molecule has 0 aromatic heterocycles. The van der Waals surface area contributed by atoms with Crippen molar-refractivity contribution in [3.63, 3.8) is 0 Å². The summed E-state index contributed by atoms with van der Waals surface area (Å²) in [6.45, 7) is 0. The predicted molar refractivity (Wildman–Crippen MR) is 74.5 cm³/mol. The lowest BCUT2D eigenvalue weighted by Crippen LogP contribution is -2.39. The SMILES string of the molecule is COc1cc(S(=O)(=O)NC2CCC2)cc(C(=O)O)c1OC. The minimum Gasteiger partial charge on any atom is -0.493 e. The number of carboxylic acid groups (broad SMARTS) is 1. The first-order chi connectivity index (χ1) is 9.89. The topological polar surface area (TPSA) is 102 Å². The number of hydrogen-bond acceptors (Lipinski definition) is 5. The molecule has 0 atom stereocenters. The third-order valence-electron chi connectivity index (χ3n) is 3.42. The third-order valence-corrected chi connectivity index (χ3v) is 4.92. The Bertz CT molecular complexity index is 651. The van der Waals surface area contributed by atoms with E-state index in [1.54, 1.807) is 0 Å². The lowest BCUT2D eigenvalue weighted by molar-refractivity contribution is 0.0692. The van der Waals surface area contributed by atoms with E-state index in [1.165, 1.54) is 20.3 Å². The van der Waals surface area contributed by atoms with E-state index in [4.69, 9.17) is 9.47 Å². The first-order valence-electron chi connectivity index (χ1n) is 6.40. The summed E-state index contributed by atoms with van der Waals surface area (Å²) in [5.74, 6) is -1.23. The number of carboxylic acids is 1. The zero-order valence-electron chi connectivity index (χ0n) is 11.8. The first-order valence-corrected chi connectivity index (χ1v) is 7.89. The second-order valence-electron chi connectivity index (χ2n) is 4.76. The Labute approximate surface area is 122 Å². The van der Waals surface area contributed by atoms with Gasteiger partial charge in [0.25, 0.3) is 0 Å². The van der Waals surface area contributed by atoms with Crippen molar-refractivity contribution >= 4 is 16.0 Å². The van der Waals surface area contributed by atoms with Crippen molar-refractivity contribution in [3.05, 3.63) is 17.7 Å². The summed E-state index contributed by atoms with van der Waals surface area (Å²) in [6, 6.07) is 2.24. The molecule has 0 unspecified atom stereocenters. The van der Waals surface area contributed by atoms with Crippen LogP contribution in [-0.4, -0.2) is 39.8 Å². The van der Waals surface area contributed by atoms with Gasteiger partial charge in [0.1, 0.15) is 5.56 Å². The molecule has 116 valence electrons. The summed E-state index contributed by atoms with van der Waals surface area (Å²) >= 11 is 0. The quantitative estimate of drug-likeness (QED) is 0.818. The van der Waals surface area contributed by atoms with Crippen LogP contribution in [0.3, 0.4) is 0 Å². The Morgan fingerprint density at radius 3 is 2.38 bits per heavy atom. The molecule has 1 saturated carbocycles. The van der Waals surface area contributed by atoms with Crippen LogP contribution in [0.25, 0.3) is 0 Å². The highest BCUT2D eigenvalue weighted by molar-refractivity contribution is 7.89. The van der Waals surface area contributed by atoms with Crippen LogP contribution < -0.4 is 14.2 Å². The predicted octanol–water partition coefficient (Wildman–Crippen LogP) is 1.23. The number of ether oxygens (including phenoxy) is 2. The van der Waals surface area contributed by atoms with Gasteiger partial charge in [-0.3, -0.25) is 0 Å². The average Bonchev–Trinajstić information content (AvgIpc) is 2.41. The summed E-state index contributed by atoms with van der Waals surface area (Å²) in [5.41, 5.74) is -0.258. The molecule has 0 aliphatic heterocycles. The van der Waals surface area contributed by atoms with Gasteiger partial charge in [0.05, 0.1) is 19.1 Å². The fraction of sp³-hybridized carbons (Fsp3) is 0.462. The van der Waals surface area contributed by atoms with Crippen LogP contribution in [-0.2, 0) is 10.0 Å². The molecule has 21 heavy (non-hydrogen) atoms. The molecule has 0 bridgehead atoms. The van der Waals surface area contributed by atoms with E-state index in [0.717, 1.165) is 25.3 Å². The molecule has 8 heteroatoms. The van der Waals surface area contributed by atoms with Crippen molar-refractivity contribution in [2.24, 2.45) is 0 Å². The van der Waals surface area contributed by atoms with Crippen LogP contribution in [0, 0.1) is 0 Å². The fourth-order valence-corrected chi connectivity index (χ4v) is 3.41. The number of carbonyl (C=O) groups is 1. The normalized spacial score (nSPS) is 15.3. The van der Waals surface area contributed by atoms with E-state index in [0.29, 0.717) is 0 Å². The Morgan fingerprint density at radius 1 is 1.29 bits per heavy atom. The molecule has 1 aromatic carbocycles. The van der Waals surface area contributed by atoms with Crippen LogP contribution in [0.2, 0.25) is 0 Å². The first kappa shape index (κ1) is 15.6. The van der Waals surface area contributed by atoms with Crippen LogP contribution in [0.4, 0.5) is 0 Å². The molecule has 0 amide bonds. The van der Waals surface area contributed by atoms with Crippen molar-refractivity contribution in [2.75, 3.05) is 14.2 Å². The highest BCUT2D eigenvalue weighted by Crippen LogP contribution is 2.34. The van der Waals surface area contributed by atoms with E-state index in [9.17, 15) is 18.3 Å². The van der Waals surface area contributed by atoms with Gasteiger partial charge < -0.3 is 14.6 Å². The second kappa shape index (κ2) is 5.90. The van der Waals surface area contributed by atoms with E-state index in [-0.39, 0.29) is 28.0 Å². The number of hydrogen-bond donors (Lipinski definition) is 2. The fourth-order valence-electron chi connectivity index (χ4n) is 2.07. The Morgan fingerprint density at radius 2 is 1.95 bits per heavy atom. The molecule has 0 saturated heterocycles. The summed E-state index contributed by atoms with van der Waals surface area (Å²) < 4.78 is 37.1. The highest BCUT2D eigenvalue weighted by atomic mass is 32.2. The number of rotatable bonds is 6. The van der Waals surface area contributed by atoms with Gasteiger partial charge in [-0.1, -0.05) is 6.42 Å². The molecule has 2 N–H and O–H groups in total. The third kappa shape index (κ3) is 3.11. The van der Waals surface area contributed by atoms with E-state index >= 15 is 0 Å². The lowest BCUT2D eigenvalue weighted by atomic mass is 9.94. The minimum absolute atomic E-state index is 0.00686. The number of methoxy groups -OCH3 is 2. The molecule has 1 aliphatic carbocycles. The van der Waals surface area contributed by atoms with Gasteiger partial charge in [0, 0.05) is 12.1 Å². The van der Waals surface area contributed by atoms with Gasteiger partial charge in [-0.2, -0.15) is 0 Å². The minimum atomic E-state index is -3.78. The van der Waals surface area contributed by atoms with Gasteiger partial charge in [0.2, 0.25) is 10.0 Å². The van der Waals surface area contributed by atoms with Gasteiger partial charge in [0.15, 0.2) is 11.5 Å². The van der Waals surface area contributed by atoms with Crippen LogP contribution >= 0.6 is 0 Å². The molecule has 0 radical (unpaired) electrons. The van der Waals surface area contributed by atoms with Gasteiger partial charge >= 0.3 is 5.97 Å². The number of benzene rings is 1. The molecule has 0 spiro atoms. The molecule has 1 fully saturated rings. The second-order valence-corrected chi connectivity index (χ2v) is 6.47. The molecule has 2 rings (SSSR count). The molecule has 7 nitrogen and oxygen atoms in total. The maximum Gasteiger partial charge on any atom is 0.339 e. The smallest absolute Gasteiger partial charge is 0.339 e. The monoisotopic (exact) mass is 315 g/mol. The summed E-state index contributed by atoms with van der Waals surface area (Å²) in [7, 11) is -1.17. The van der Waals surface area contributed by atoms with Crippen LogP contribution in [0.15, 0.2) is 17.0 Å². The van der Waals surface area contributed by atoms with Crippen molar-refractivity contribution in [3.8, 4) is 11.5 Å². The number of nitrogens with one attached hydrogen (secondary N) is 1. The zero-order chi connectivity index (χ0) is 15.6. The van der Waals surface area contributed by atoms with Gasteiger partial charge in [-0.05, 0) is 18.9 Å². The lowest BCUT2D eigenvalue weighted by Gasteiger charge is -2.26. The Hall–Kier alpha value is -1.80. The van der Waals surface area contributed by atoms with Crippen molar-refractivity contribution in [2.45, 2.75) is 30.2 Å². The van der Waals surface area contributed by atoms with Crippen LogP contribution in [0.5, 0.6) is 11.5 Å². The van der Waals surface area contributed by atoms with Crippen molar-refractivity contribution in [1.29, 1.82) is 0 Å². The maximum absolute atomic E-state index is 12.3. The van der Waals surface area contributed by atoms with Crippen molar-refractivity contribution in [1.82, 2.24) is 4.72 Å². The number of aromatic carboxylic acids is 1. The largest absolute Gasteiger partial charge is 0.493 e. The van der Waals surface area contributed by atoms with Gasteiger partial charge in [-0.15, -0.1) is 0 Å². The highest BCUT2D eigenvalue weighted by Gasteiger charge is 2.28. The summed E-state index contributed by atoms with van der Waals surface area (Å²) in [5, 5.41) is 9.20. The van der Waals surface area contributed by atoms with Crippen LogP contribution in [0.1, 0.15) is 29.6 Å². The van der Waals surface area contributed by atoms with E-state index < -0.39 is 16.0 Å². The number of sulfonamides is 1. The van der Waals surface area contributed by atoms with E-state index in [2.05, 4.69) is 4.72 Å². The standard InChI is InChI=1S/C13H17NO6S/c1-19-11-7-9(6-10(13(15)16)12(11)20-2)21(17,18)14-8-4-3-5-8/h6-8,14H,3-5H2,1-2H3,(H,15,16). The zero-order valence-corrected chi connectivity index (χ0v) is 12.6. The molecular formula is C13H17NO6S. The molecule has 0 heterocycles. The van der Waals surface area contributed by atoms with Gasteiger partial charge in [-0.25, -0.2) is 17.9 Å². The average molecular weight is 315 g/mol. The Balaban J connectivity index is 2.48. The molecule has 1 aliphatic rings.